The third kappa shape index (κ3) is 9.41. The van der Waals surface area contributed by atoms with Gasteiger partial charge in [-0.2, -0.15) is 0 Å². The van der Waals surface area contributed by atoms with E-state index in [1.807, 2.05) is 92.7 Å². The maximum atomic E-state index is 13.8. The van der Waals surface area contributed by atoms with Crippen molar-refractivity contribution in [1.29, 1.82) is 0 Å². The van der Waals surface area contributed by atoms with Crippen molar-refractivity contribution in [1.82, 2.24) is 10.2 Å². The number of rotatable bonds is 13. The number of hydrogen-bond donors (Lipinski definition) is 2. The number of hydrogen-bond acceptors (Lipinski definition) is 6. The van der Waals surface area contributed by atoms with Crippen molar-refractivity contribution in [2.75, 3.05) is 13.1 Å². The summed E-state index contributed by atoms with van der Waals surface area (Å²) in [6.07, 6.45) is 1.58. The summed E-state index contributed by atoms with van der Waals surface area (Å²) in [6.45, 7) is 3.84. The van der Waals surface area contributed by atoms with Gasteiger partial charge in [-0.05, 0) is 87.5 Å². The van der Waals surface area contributed by atoms with E-state index in [9.17, 15) is 19.5 Å². The fraction of sp³-hybridized carbons (Fsp3) is 0.279. The van der Waals surface area contributed by atoms with Gasteiger partial charge in [-0.3, -0.25) is 0 Å². The van der Waals surface area contributed by atoms with Gasteiger partial charge in [0.15, 0.2) is 6.10 Å². The maximum absolute atomic E-state index is 13.8. The lowest BCUT2D eigenvalue weighted by atomic mass is 9.98. The van der Waals surface area contributed by atoms with Crippen molar-refractivity contribution < 1.29 is 29.0 Å². The maximum Gasteiger partial charge on any atom is 0.342 e. The highest BCUT2D eigenvalue weighted by Crippen LogP contribution is 2.27. The molecule has 0 fully saturated rings. The van der Waals surface area contributed by atoms with Crippen LogP contribution < -0.4 is 10.1 Å². The van der Waals surface area contributed by atoms with Crippen molar-refractivity contribution in [3.8, 4) is 16.9 Å². The second kappa shape index (κ2) is 16.5. The van der Waals surface area contributed by atoms with Crippen LogP contribution in [-0.4, -0.2) is 53.2 Å². The summed E-state index contributed by atoms with van der Waals surface area (Å²) in [7, 11) is 0. The quantitative estimate of drug-likeness (QED) is 0.0998. The Labute approximate surface area is 299 Å². The van der Waals surface area contributed by atoms with Gasteiger partial charge in [0.25, 0.3) is 0 Å². The van der Waals surface area contributed by atoms with E-state index >= 15 is 0 Å². The number of benzene rings is 5. The molecule has 51 heavy (non-hydrogen) atoms. The average molecular weight is 685 g/mol. The van der Waals surface area contributed by atoms with E-state index < -0.39 is 30.1 Å². The van der Waals surface area contributed by atoms with Crippen LogP contribution in [0.15, 0.2) is 115 Å². The molecule has 8 heteroatoms. The first-order valence-corrected chi connectivity index (χ1v) is 17.6. The standard InChI is InChI=1S/C43H44N2O6/c1-29(2)26-45(27-40(46)42(48)51-38-22-21-33-13-8-14-36(33)25-38)43(49)44-39(41(47)50-28-31-9-4-3-5-10-31)23-30-15-17-34(18-16-30)37-20-19-32-11-6-7-12-35(32)24-37/h3-7,9-12,15-22,24-25,29,39-40,46H,8,13-14,23,26-28H2,1-2H3,(H,44,49)/t39-,40?/m0/s1. The molecule has 0 saturated heterocycles. The minimum Gasteiger partial charge on any atom is -0.459 e. The summed E-state index contributed by atoms with van der Waals surface area (Å²) >= 11 is 0. The summed E-state index contributed by atoms with van der Waals surface area (Å²) < 4.78 is 11.2. The minimum atomic E-state index is -1.59. The fourth-order valence-corrected chi connectivity index (χ4v) is 6.46. The topological polar surface area (TPSA) is 105 Å². The van der Waals surface area contributed by atoms with Crippen LogP contribution in [0.1, 0.15) is 42.5 Å². The highest BCUT2D eigenvalue weighted by Gasteiger charge is 2.29. The van der Waals surface area contributed by atoms with Gasteiger partial charge in [0.05, 0.1) is 6.54 Å². The number of carbonyl (C=O) groups is 3. The molecule has 1 unspecified atom stereocenters. The molecule has 1 aliphatic carbocycles. The highest BCUT2D eigenvalue weighted by molar-refractivity contribution is 5.87. The van der Waals surface area contributed by atoms with Crippen LogP contribution in [0.2, 0.25) is 0 Å². The molecule has 0 spiro atoms. The Hall–Kier alpha value is -5.47. The zero-order valence-electron chi connectivity index (χ0n) is 29.1. The van der Waals surface area contributed by atoms with Gasteiger partial charge in [0, 0.05) is 13.0 Å². The van der Waals surface area contributed by atoms with Gasteiger partial charge in [-0.25, -0.2) is 14.4 Å². The molecule has 6 rings (SSSR count). The van der Waals surface area contributed by atoms with Gasteiger partial charge in [0.1, 0.15) is 18.4 Å². The number of aliphatic hydroxyl groups is 1. The van der Waals surface area contributed by atoms with Crippen molar-refractivity contribution in [2.45, 2.75) is 58.3 Å². The van der Waals surface area contributed by atoms with Gasteiger partial charge >= 0.3 is 18.0 Å². The predicted octanol–water partition coefficient (Wildman–Crippen LogP) is 7.28. The second-order valence-electron chi connectivity index (χ2n) is 13.6. The lowest BCUT2D eigenvalue weighted by molar-refractivity contribution is -0.147. The molecule has 2 atom stereocenters. The number of carbonyl (C=O) groups excluding carboxylic acids is 3. The molecule has 5 aromatic carbocycles. The van der Waals surface area contributed by atoms with Crippen molar-refractivity contribution in [2.24, 2.45) is 5.92 Å². The number of nitrogens with zero attached hydrogens (tertiary/aromatic N) is 1. The Morgan fingerprint density at radius 3 is 2.20 bits per heavy atom. The Morgan fingerprint density at radius 2 is 1.43 bits per heavy atom. The second-order valence-corrected chi connectivity index (χ2v) is 13.6. The molecule has 0 radical (unpaired) electrons. The number of amides is 2. The van der Waals surface area contributed by atoms with Crippen LogP contribution in [0.3, 0.4) is 0 Å². The van der Waals surface area contributed by atoms with Crippen LogP contribution in [0.25, 0.3) is 21.9 Å². The number of fused-ring (bicyclic) bond motifs is 2. The van der Waals surface area contributed by atoms with Gasteiger partial charge in [-0.1, -0.05) is 111 Å². The monoisotopic (exact) mass is 684 g/mol. The molecule has 8 nitrogen and oxygen atoms in total. The molecule has 262 valence electrons. The first-order valence-electron chi connectivity index (χ1n) is 17.6. The average Bonchev–Trinajstić information content (AvgIpc) is 3.61. The smallest absolute Gasteiger partial charge is 0.342 e. The summed E-state index contributed by atoms with van der Waals surface area (Å²) in [5.41, 5.74) is 6.14. The highest BCUT2D eigenvalue weighted by atomic mass is 16.6. The van der Waals surface area contributed by atoms with E-state index in [1.54, 1.807) is 6.07 Å². The molecule has 5 aromatic rings. The molecule has 1 aliphatic rings. The van der Waals surface area contributed by atoms with Crippen LogP contribution >= 0.6 is 0 Å². The van der Waals surface area contributed by atoms with E-state index in [0.29, 0.717) is 5.75 Å². The van der Waals surface area contributed by atoms with E-state index in [2.05, 4.69) is 35.6 Å². The molecular formula is C43H44N2O6. The molecule has 0 aromatic heterocycles. The van der Waals surface area contributed by atoms with Gasteiger partial charge < -0.3 is 24.8 Å². The molecule has 0 bridgehead atoms. The Bertz CT molecular complexity index is 1970. The van der Waals surface area contributed by atoms with E-state index in [1.165, 1.54) is 15.8 Å². The van der Waals surface area contributed by atoms with Gasteiger partial charge in [0.2, 0.25) is 0 Å². The van der Waals surface area contributed by atoms with Crippen LogP contribution in [-0.2, 0) is 40.2 Å². The predicted molar refractivity (Wildman–Crippen MR) is 198 cm³/mol. The largest absolute Gasteiger partial charge is 0.459 e. The van der Waals surface area contributed by atoms with E-state index in [4.69, 9.17) is 9.47 Å². The van der Waals surface area contributed by atoms with Gasteiger partial charge in [-0.15, -0.1) is 0 Å². The number of ether oxygens (including phenoxy) is 2. The SMILES string of the molecule is CC(C)CN(CC(O)C(=O)Oc1ccc2c(c1)CCC2)C(=O)N[C@@H](Cc1ccc(-c2ccc3ccccc3c2)cc1)C(=O)OCc1ccccc1. The van der Waals surface area contributed by atoms with Crippen molar-refractivity contribution in [3.05, 3.63) is 138 Å². The first kappa shape index (κ1) is 35.4. The normalized spacial score (nSPS) is 13.3. The number of aliphatic hydroxyl groups excluding tert-OH is 1. The number of urea groups is 1. The summed E-state index contributed by atoms with van der Waals surface area (Å²) in [6, 6.07) is 35.6. The zero-order valence-corrected chi connectivity index (χ0v) is 29.1. The molecule has 0 saturated carbocycles. The van der Waals surface area contributed by atoms with Crippen molar-refractivity contribution >= 4 is 28.7 Å². The molecule has 0 heterocycles. The minimum absolute atomic E-state index is 0.0156. The van der Waals surface area contributed by atoms with Crippen LogP contribution in [0, 0.1) is 5.92 Å². The Kier molecular flexibility index (Phi) is 11.4. The third-order valence-corrected chi connectivity index (χ3v) is 9.11. The molecule has 2 N–H and O–H groups in total. The number of nitrogens with one attached hydrogen (secondary N) is 1. The fourth-order valence-electron chi connectivity index (χ4n) is 6.46. The molecular weight excluding hydrogens is 640 g/mol. The summed E-state index contributed by atoms with van der Waals surface area (Å²) in [5, 5.41) is 16.0. The lowest BCUT2D eigenvalue weighted by Gasteiger charge is -2.28. The number of esters is 2. The van der Waals surface area contributed by atoms with Crippen LogP contribution in [0.5, 0.6) is 5.75 Å². The molecule has 0 aliphatic heterocycles. The van der Waals surface area contributed by atoms with E-state index in [-0.39, 0.29) is 32.0 Å². The van der Waals surface area contributed by atoms with Crippen LogP contribution in [0.4, 0.5) is 4.79 Å². The zero-order chi connectivity index (χ0) is 35.7. The summed E-state index contributed by atoms with van der Waals surface area (Å²) in [5.74, 6) is -1.05. The molecule has 2 amide bonds. The Morgan fingerprint density at radius 1 is 0.725 bits per heavy atom. The first-order chi connectivity index (χ1) is 24.7. The van der Waals surface area contributed by atoms with E-state index in [0.717, 1.165) is 52.5 Å². The Balaban J connectivity index is 1.15. The number of aryl methyl sites for hydroxylation is 2. The van der Waals surface area contributed by atoms with Crippen molar-refractivity contribution in [3.63, 3.8) is 0 Å². The lowest BCUT2D eigenvalue weighted by Crippen LogP contribution is -2.52. The third-order valence-electron chi connectivity index (χ3n) is 9.11. The summed E-state index contributed by atoms with van der Waals surface area (Å²) in [4.78, 5) is 41.6.